The predicted octanol–water partition coefficient (Wildman–Crippen LogP) is 1.07. The van der Waals surface area contributed by atoms with Crippen molar-refractivity contribution in [2.75, 3.05) is 19.7 Å². The fourth-order valence-corrected chi connectivity index (χ4v) is 2.16. The summed E-state index contributed by atoms with van der Waals surface area (Å²) in [7, 11) is 0. The van der Waals surface area contributed by atoms with E-state index in [0.717, 1.165) is 6.42 Å². The minimum atomic E-state index is -0.768. The molecule has 1 aliphatic rings. The molecule has 120 valence electrons. The Hall–Kier alpha value is -1.63. The number of amides is 2. The fourth-order valence-electron chi connectivity index (χ4n) is 2.16. The average molecular weight is 300 g/mol. The monoisotopic (exact) mass is 300 g/mol. The van der Waals surface area contributed by atoms with E-state index in [1.165, 1.54) is 0 Å². The Balaban J connectivity index is 2.52. The average Bonchev–Trinajstić information content (AvgIpc) is 2.74. The number of alkyl carbamates (subject to hydrolysis) is 1. The molecule has 21 heavy (non-hydrogen) atoms. The number of imide groups is 1. The molecule has 0 aromatic rings. The summed E-state index contributed by atoms with van der Waals surface area (Å²) in [5, 5.41) is 2.12. The van der Waals surface area contributed by atoms with E-state index in [4.69, 9.17) is 4.74 Å². The van der Waals surface area contributed by atoms with Gasteiger partial charge in [0, 0.05) is 0 Å². The van der Waals surface area contributed by atoms with E-state index in [-0.39, 0.29) is 19.1 Å². The SMILES string of the molecule is CCOC(=O)NC(=O)CN1CCC[C@H]1C(=O)OC(C)(C)C. The third kappa shape index (κ3) is 6.12. The topological polar surface area (TPSA) is 84.9 Å². The van der Waals surface area contributed by atoms with Gasteiger partial charge in [0.1, 0.15) is 11.6 Å². The highest BCUT2D eigenvalue weighted by molar-refractivity contribution is 5.93. The molecule has 0 aliphatic carbocycles. The molecule has 1 aliphatic heterocycles. The molecule has 7 heteroatoms. The molecule has 1 fully saturated rings. The first-order chi connectivity index (χ1) is 9.73. The molecule has 1 saturated heterocycles. The fraction of sp³-hybridized carbons (Fsp3) is 0.786. The van der Waals surface area contributed by atoms with Crippen LogP contribution in [0.25, 0.3) is 0 Å². The van der Waals surface area contributed by atoms with Crippen LogP contribution in [0.4, 0.5) is 4.79 Å². The second kappa shape index (κ2) is 7.40. The van der Waals surface area contributed by atoms with Gasteiger partial charge in [-0.25, -0.2) is 4.79 Å². The molecule has 0 radical (unpaired) electrons. The Labute approximate surface area is 124 Å². The lowest BCUT2D eigenvalue weighted by Gasteiger charge is -2.26. The number of nitrogens with zero attached hydrogens (tertiary/aromatic N) is 1. The summed E-state index contributed by atoms with van der Waals surface area (Å²) < 4.78 is 9.99. The van der Waals surface area contributed by atoms with Gasteiger partial charge in [-0.15, -0.1) is 0 Å². The third-order valence-corrected chi connectivity index (χ3v) is 2.91. The van der Waals surface area contributed by atoms with Crippen LogP contribution < -0.4 is 5.32 Å². The van der Waals surface area contributed by atoms with Gasteiger partial charge in [-0.05, 0) is 47.1 Å². The maximum absolute atomic E-state index is 12.1. The highest BCUT2D eigenvalue weighted by Gasteiger charge is 2.35. The van der Waals surface area contributed by atoms with Crippen LogP contribution in [0.2, 0.25) is 0 Å². The summed E-state index contributed by atoms with van der Waals surface area (Å²) >= 11 is 0. The Morgan fingerprint density at radius 1 is 1.29 bits per heavy atom. The molecule has 0 spiro atoms. The van der Waals surface area contributed by atoms with Crippen LogP contribution in [0.1, 0.15) is 40.5 Å². The van der Waals surface area contributed by atoms with Gasteiger partial charge in [0.15, 0.2) is 0 Å². The molecule has 0 saturated carbocycles. The van der Waals surface area contributed by atoms with Gasteiger partial charge in [0.05, 0.1) is 13.2 Å². The first kappa shape index (κ1) is 17.4. The Kier molecular flexibility index (Phi) is 6.14. The molecule has 0 aromatic carbocycles. The zero-order chi connectivity index (χ0) is 16.0. The molecular formula is C14H24N2O5. The van der Waals surface area contributed by atoms with E-state index in [1.807, 2.05) is 0 Å². The number of hydrogen-bond donors (Lipinski definition) is 1. The molecular weight excluding hydrogens is 276 g/mol. The van der Waals surface area contributed by atoms with Crippen LogP contribution in [0.5, 0.6) is 0 Å². The summed E-state index contributed by atoms with van der Waals surface area (Å²) in [4.78, 5) is 36.7. The van der Waals surface area contributed by atoms with Gasteiger partial charge in [0.2, 0.25) is 5.91 Å². The highest BCUT2D eigenvalue weighted by atomic mass is 16.6. The number of likely N-dealkylation sites (tertiary alicyclic amines) is 1. The van der Waals surface area contributed by atoms with Crippen LogP contribution in [0, 0.1) is 0 Å². The van der Waals surface area contributed by atoms with Crippen molar-refractivity contribution in [2.45, 2.75) is 52.2 Å². The molecule has 1 atom stereocenters. The van der Waals surface area contributed by atoms with Crippen molar-refractivity contribution in [3.63, 3.8) is 0 Å². The molecule has 2 amide bonds. The van der Waals surface area contributed by atoms with E-state index in [1.54, 1.807) is 32.6 Å². The smallest absolute Gasteiger partial charge is 0.413 e. The minimum Gasteiger partial charge on any atom is -0.459 e. The normalized spacial score (nSPS) is 19.1. The maximum atomic E-state index is 12.1. The number of hydrogen-bond acceptors (Lipinski definition) is 6. The van der Waals surface area contributed by atoms with Gasteiger partial charge in [-0.3, -0.25) is 19.8 Å². The first-order valence-electron chi connectivity index (χ1n) is 7.16. The van der Waals surface area contributed by atoms with Crippen LogP contribution >= 0.6 is 0 Å². The summed E-state index contributed by atoms with van der Waals surface area (Å²) in [5.41, 5.74) is -0.557. The summed E-state index contributed by atoms with van der Waals surface area (Å²) in [6, 6.07) is -0.433. The van der Waals surface area contributed by atoms with Crippen LogP contribution in [-0.4, -0.2) is 54.2 Å². The van der Waals surface area contributed by atoms with Crippen molar-refractivity contribution in [1.82, 2.24) is 10.2 Å². The van der Waals surface area contributed by atoms with Gasteiger partial charge in [-0.1, -0.05) is 0 Å². The molecule has 0 unspecified atom stereocenters. The van der Waals surface area contributed by atoms with Crippen molar-refractivity contribution in [2.24, 2.45) is 0 Å². The van der Waals surface area contributed by atoms with E-state index in [9.17, 15) is 14.4 Å². The molecule has 0 bridgehead atoms. The molecule has 1 N–H and O–H groups in total. The lowest BCUT2D eigenvalue weighted by molar-refractivity contribution is -0.160. The summed E-state index contributed by atoms with van der Waals surface area (Å²) in [5.74, 6) is -0.812. The molecule has 7 nitrogen and oxygen atoms in total. The first-order valence-corrected chi connectivity index (χ1v) is 7.16. The van der Waals surface area contributed by atoms with Crippen molar-refractivity contribution in [3.8, 4) is 0 Å². The largest absolute Gasteiger partial charge is 0.459 e. The zero-order valence-electron chi connectivity index (χ0n) is 13.1. The van der Waals surface area contributed by atoms with Crippen LogP contribution in [-0.2, 0) is 19.1 Å². The lowest BCUT2D eigenvalue weighted by atomic mass is 10.1. The predicted molar refractivity (Wildman–Crippen MR) is 75.6 cm³/mol. The van der Waals surface area contributed by atoms with E-state index in [0.29, 0.717) is 13.0 Å². The van der Waals surface area contributed by atoms with Crippen molar-refractivity contribution in [1.29, 1.82) is 0 Å². The van der Waals surface area contributed by atoms with Gasteiger partial charge < -0.3 is 9.47 Å². The lowest BCUT2D eigenvalue weighted by Crippen LogP contribution is -2.46. The second-order valence-electron chi connectivity index (χ2n) is 5.93. The number of nitrogens with one attached hydrogen (secondary N) is 1. The van der Waals surface area contributed by atoms with E-state index in [2.05, 4.69) is 10.1 Å². The number of rotatable bonds is 4. The Morgan fingerprint density at radius 2 is 1.95 bits per heavy atom. The number of carbonyl (C=O) groups is 3. The molecule has 0 aromatic heterocycles. The Bertz CT molecular complexity index is 403. The number of ether oxygens (including phenoxy) is 2. The molecule has 1 heterocycles. The van der Waals surface area contributed by atoms with Crippen molar-refractivity contribution in [3.05, 3.63) is 0 Å². The standard InChI is InChI=1S/C14H24N2O5/c1-5-20-13(19)15-11(17)9-16-8-6-7-10(16)12(18)21-14(2,3)4/h10H,5-9H2,1-4H3,(H,15,17,19)/t10-/m0/s1. The highest BCUT2D eigenvalue weighted by Crippen LogP contribution is 2.20. The number of esters is 1. The quantitative estimate of drug-likeness (QED) is 0.782. The van der Waals surface area contributed by atoms with Gasteiger partial charge >= 0.3 is 12.1 Å². The summed E-state index contributed by atoms with van der Waals surface area (Å²) in [6.45, 7) is 7.86. The molecule has 1 rings (SSSR count). The third-order valence-electron chi connectivity index (χ3n) is 2.91. The van der Waals surface area contributed by atoms with Gasteiger partial charge in [0.25, 0.3) is 0 Å². The van der Waals surface area contributed by atoms with E-state index < -0.39 is 23.6 Å². The van der Waals surface area contributed by atoms with Crippen LogP contribution in [0.3, 0.4) is 0 Å². The van der Waals surface area contributed by atoms with Crippen LogP contribution in [0.15, 0.2) is 0 Å². The Morgan fingerprint density at radius 3 is 2.52 bits per heavy atom. The van der Waals surface area contributed by atoms with Crippen molar-refractivity contribution < 1.29 is 23.9 Å². The second-order valence-corrected chi connectivity index (χ2v) is 5.93. The maximum Gasteiger partial charge on any atom is 0.413 e. The van der Waals surface area contributed by atoms with Gasteiger partial charge in [-0.2, -0.15) is 0 Å². The summed E-state index contributed by atoms with van der Waals surface area (Å²) in [6.07, 6.45) is 0.702. The van der Waals surface area contributed by atoms with Crippen molar-refractivity contribution >= 4 is 18.0 Å². The minimum absolute atomic E-state index is 0.0251. The zero-order valence-corrected chi connectivity index (χ0v) is 13.1. The number of carbonyl (C=O) groups excluding carboxylic acids is 3. The van der Waals surface area contributed by atoms with E-state index >= 15 is 0 Å².